The topological polar surface area (TPSA) is 118 Å². The Kier molecular flexibility index (Phi) is 4.85. The van der Waals surface area contributed by atoms with Crippen molar-refractivity contribution in [2.24, 2.45) is 5.10 Å². The summed E-state index contributed by atoms with van der Waals surface area (Å²) in [7, 11) is 0. The highest BCUT2D eigenvalue weighted by atomic mass is 35.5. The van der Waals surface area contributed by atoms with E-state index in [2.05, 4.69) is 15.5 Å². The molecular weight excluding hydrogens is 396 g/mol. The zero-order chi connectivity index (χ0) is 20.5. The first-order chi connectivity index (χ1) is 13.9. The van der Waals surface area contributed by atoms with Gasteiger partial charge in [0.05, 0.1) is 22.2 Å². The highest BCUT2D eigenvalue weighted by molar-refractivity contribution is 6.31. The van der Waals surface area contributed by atoms with Crippen molar-refractivity contribution >= 4 is 40.3 Å². The first kappa shape index (κ1) is 18.8. The fourth-order valence-electron chi connectivity index (χ4n) is 3.04. The van der Waals surface area contributed by atoms with E-state index in [0.29, 0.717) is 16.9 Å². The molecule has 0 spiro atoms. The normalized spacial score (nSPS) is 13.7. The fraction of sp³-hybridized carbons (Fsp3) is 0.150. The lowest BCUT2D eigenvalue weighted by Gasteiger charge is -2.08. The van der Waals surface area contributed by atoms with Gasteiger partial charge in [0.25, 0.3) is 5.91 Å². The molecule has 0 bridgehead atoms. The van der Waals surface area contributed by atoms with Gasteiger partial charge in [-0.2, -0.15) is 5.10 Å². The molecule has 2 N–H and O–H groups in total. The summed E-state index contributed by atoms with van der Waals surface area (Å²) in [6, 6.07) is 11.5. The number of nitrogens with zero attached hydrogens (tertiary/aromatic N) is 3. The van der Waals surface area contributed by atoms with E-state index >= 15 is 0 Å². The van der Waals surface area contributed by atoms with Crippen LogP contribution in [0, 0.1) is 10.1 Å². The minimum atomic E-state index is -0.750. The van der Waals surface area contributed by atoms with Crippen LogP contribution >= 0.6 is 11.6 Å². The molecule has 2 aromatic carbocycles. The van der Waals surface area contributed by atoms with E-state index < -0.39 is 22.3 Å². The van der Waals surface area contributed by atoms with Crippen molar-refractivity contribution in [3.05, 3.63) is 74.4 Å². The van der Waals surface area contributed by atoms with Gasteiger partial charge in [0.15, 0.2) is 0 Å². The number of pyridine rings is 1. The lowest BCUT2D eigenvalue weighted by atomic mass is 10.1. The lowest BCUT2D eigenvalue weighted by molar-refractivity contribution is -0.385. The zero-order valence-electron chi connectivity index (χ0n) is 15.0. The van der Waals surface area contributed by atoms with E-state index in [9.17, 15) is 20.0 Å². The number of phenols is 1. The fourth-order valence-corrected chi connectivity index (χ4v) is 3.26. The monoisotopic (exact) mass is 410 g/mol. The molecule has 8 nitrogen and oxygen atoms in total. The standard InChI is InChI=1S/C20H15ClN4O4/c21-13-7-12(19(26)18(8-13)25(28)29)10-22-24-20(27)15-9-17(11-5-6-11)23-16-4-2-1-3-14(15)16/h1-4,7-11,26H,5-6H2,(H,24,27)/b22-10+. The number of aromatic hydroxyl groups is 1. The predicted octanol–water partition coefficient (Wildman–Crippen LogP) is 4.14. The van der Waals surface area contributed by atoms with E-state index in [1.165, 1.54) is 6.07 Å². The molecular formula is C20H15ClN4O4. The van der Waals surface area contributed by atoms with Gasteiger partial charge in [-0.1, -0.05) is 29.8 Å². The molecule has 146 valence electrons. The summed E-state index contributed by atoms with van der Waals surface area (Å²) in [5.74, 6) is -0.654. The number of hydrazone groups is 1. The van der Waals surface area contributed by atoms with Crippen LogP contribution in [0.4, 0.5) is 5.69 Å². The number of nitrogens with one attached hydrogen (secondary N) is 1. The third-order valence-corrected chi connectivity index (χ3v) is 4.84. The van der Waals surface area contributed by atoms with Gasteiger partial charge < -0.3 is 5.11 Å². The number of hydrogen-bond donors (Lipinski definition) is 2. The van der Waals surface area contributed by atoms with Crippen molar-refractivity contribution in [2.75, 3.05) is 0 Å². The molecule has 0 radical (unpaired) electrons. The van der Waals surface area contributed by atoms with Crippen molar-refractivity contribution in [3.63, 3.8) is 0 Å². The molecule has 0 aliphatic heterocycles. The second-order valence-electron chi connectivity index (χ2n) is 6.71. The summed E-state index contributed by atoms with van der Waals surface area (Å²) in [4.78, 5) is 27.6. The molecule has 0 unspecified atom stereocenters. The second kappa shape index (κ2) is 7.48. The first-order valence-corrected chi connectivity index (χ1v) is 9.22. The Labute approximate surface area is 170 Å². The second-order valence-corrected chi connectivity index (χ2v) is 7.14. The molecule has 1 fully saturated rings. The van der Waals surface area contributed by atoms with Crippen LogP contribution in [0.5, 0.6) is 5.75 Å². The average Bonchev–Trinajstić information content (AvgIpc) is 3.54. The molecule has 1 aromatic heterocycles. The number of benzene rings is 2. The third-order valence-electron chi connectivity index (χ3n) is 4.63. The molecule has 0 saturated heterocycles. The molecule has 9 heteroatoms. The molecule has 1 saturated carbocycles. The predicted molar refractivity (Wildman–Crippen MR) is 109 cm³/mol. The van der Waals surface area contributed by atoms with Crippen LogP contribution in [-0.2, 0) is 0 Å². The van der Waals surface area contributed by atoms with Crippen molar-refractivity contribution in [2.45, 2.75) is 18.8 Å². The van der Waals surface area contributed by atoms with Gasteiger partial charge in [0, 0.05) is 33.7 Å². The van der Waals surface area contributed by atoms with Gasteiger partial charge in [-0.15, -0.1) is 0 Å². The maximum Gasteiger partial charge on any atom is 0.312 e. The van der Waals surface area contributed by atoms with E-state index in [1.54, 1.807) is 6.07 Å². The van der Waals surface area contributed by atoms with Crippen LogP contribution in [0.25, 0.3) is 10.9 Å². The Bertz CT molecular complexity index is 1170. The largest absolute Gasteiger partial charge is 0.502 e. The van der Waals surface area contributed by atoms with Gasteiger partial charge in [-0.25, -0.2) is 5.43 Å². The minimum Gasteiger partial charge on any atom is -0.502 e. The Morgan fingerprint density at radius 3 is 2.79 bits per heavy atom. The van der Waals surface area contributed by atoms with Crippen molar-refractivity contribution < 1.29 is 14.8 Å². The number of phenolic OH excluding ortho intramolecular Hbond substituents is 1. The number of carbonyl (C=O) groups is 1. The van der Waals surface area contributed by atoms with Crippen LogP contribution in [-0.4, -0.2) is 27.1 Å². The van der Waals surface area contributed by atoms with Crippen LogP contribution < -0.4 is 5.43 Å². The molecule has 1 amide bonds. The highest BCUT2D eigenvalue weighted by Crippen LogP contribution is 2.40. The number of nitro groups is 1. The first-order valence-electron chi connectivity index (χ1n) is 8.84. The van der Waals surface area contributed by atoms with Crippen molar-refractivity contribution in [1.82, 2.24) is 10.4 Å². The Morgan fingerprint density at radius 2 is 2.07 bits per heavy atom. The average molecular weight is 411 g/mol. The summed E-state index contributed by atoms with van der Waals surface area (Å²) in [5, 5.41) is 25.6. The number of halogens is 1. The van der Waals surface area contributed by atoms with Crippen molar-refractivity contribution in [1.29, 1.82) is 0 Å². The molecule has 29 heavy (non-hydrogen) atoms. The van der Waals surface area contributed by atoms with Crippen molar-refractivity contribution in [3.8, 4) is 5.75 Å². The number of amides is 1. The maximum absolute atomic E-state index is 12.7. The molecule has 4 rings (SSSR count). The van der Waals surface area contributed by atoms with Crippen LogP contribution in [0.1, 0.15) is 40.4 Å². The van der Waals surface area contributed by atoms with Gasteiger partial charge >= 0.3 is 5.69 Å². The summed E-state index contributed by atoms with van der Waals surface area (Å²) >= 11 is 5.85. The molecule has 3 aromatic rings. The van der Waals surface area contributed by atoms with Gasteiger partial charge in [-0.3, -0.25) is 19.9 Å². The number of aromatic nitrogens is 1. The summed E-state index contributed by atoms with van der Waals surface area (Å²) in [6.45, 7) is 0. The Balaban J connectivity index is 1.62. The molecule has 1 aliphatic rings. The zero-order valence-corrected chi connectivity index (χ0v) is 15.8. The number of para-hydroxylation sites is 1. The van der Waals surface area contributed by atoms with E-state index in [0.717, 1.165) is 36.3 Å². The van der Waals surface area contributed by atoms with E-state index in [-0.39, 0.29) is 10.6 Å². The summed E-state index contributed by atoms with van der Waals surface area (Å²) < 4.78 is 0. The lowest BCUT2D eigenvalue weighted by Crippen LogP contribution is -2.18. The number of hydrogen-bond acceptors (Lipinski definition) is 6. The van der Waals surface area contributed by atoms with E-state index in [4.69, 9.17) is 11.6 Å². The third kappa shape index (κ3) is 3.88. The number of nitro benzene ring substituents is 1. The summed E-state index contributed by atoms with van der Waals surface area (Å²) in [6.07, 6.45) is 3.21. The van der Waals surface area contributed by atoms with Crippen LogP contribution in [0.2, 0.25) is 5.02 Å². The SMILES string of the molecule is O=C(N/N=C/c1cc(Cl)cc([N+](=O)[O-])c1O)c1cc(C2CC2)nc2ccccc12. The number of fused-ring (bicyclic) bond motifs is 1. The number of rotatable bonds is 5. The molecule has 0 atom stereocenters. The minimum absolute atomic E-state index is 0.0164. The summed E-state index contributed by atoms with van der Waals surface area (Å²) in [5.41, 5.74) is 3.92. The van der Waals surface area contributed by atoms with Crippen LogP contribution in [0.15, 0.2) is 47.6 Å². The highest BCUT2D eigenvalue weighted by Gasteiger charge is 2.27. The van der Waals surface area contributed by atoms with Crippen LogP contribution in [0.3, 0.4) is 0 Å². The van der Waals surface area contributed by atoms with E-state index in [1.807, 2.05) is 24.3 Å². The Hall–Kier alpha value is -3.52. The smallest absolute Gasteiger partial charge is 0.312 e. The molecule has 1 aliphatic carbocycles. The quantitative estimate of drug-likeness (QED) is 0.372. The Morgan fingerprint density at radius 1 is 1.31 bits per heavy atom. The molecule has 1 heterocycles. The van der Waals surface area contributed by atoms with Gasteiger partial charge in [-0.05, 0) is 31.0 Å². The maximum atomic E-state index is 12.7. The number of carbonyl (C=O) groups excluding carboxylic acids is 1. The van der Waals surface area contributed by atoms with Gasteiger partial charge in [0.1, 0.15) is 0 Å². The van der Waals surface area contributed by atoms with Gasteiger partial charge in [0.2, 0.25) is 5.75 Å².